The van der Waals surface area contributed by atoms with Crippen LogP contribution in [0.25, 0.3) is 21.9 Å². The fourth-order valence-electron chi connectivity index (χ4n) is 3.54. The highest BCUT2D eigenvalue weighted by atomic mass is 16.5. The second-order valence-corrected chi connectivity index (χ2v) is 6.52. The Morgan fingerprint density at radius 1 is 1.32 bits per heavy atom. The molecule has 1 aliphatic rings. The maximum Gasteiger partial charge on any atom is 0.129 e. The molecule has 1 fully saturated rings. The molecule has 3 N–H and O–H groups in total. The molecule has 1 saturated heterocycles. The minimum absolute atomic E-state index is 0.393. The second-order valence-electron chi connectivity index (χ2n) is 6.52. The van der Waals surface area contributed by atoms with Gasteiger partial charge in [0, 0.05) is 36.5 Å². The monoisotopic (exact) mass is 337 g/mol. The van der Waals surface area contributed by atoms with E-state index in [2.05, 4.69) is 33.1 Å². The Labute approximate surface area is 146 Å². The Kier molecular flexibility index (Phi) is 4.28. The van der Waals surface area contributed by atoms with Crippen molar-refractivity contribution in [2.24, 2.45) is 5.73 Å². The van der Waals surface area contributed by atoms with Crippen LogP contribution in [-0.2, 0) is 11.3 Å². The summed E-state index contributed by atoms with van der Waals surface area (Å²) >= 11 is 0. The molecule has 1 aliphatic heterocycles. The highest BCUT2D eigenvalue weighted by Crippen LogP contribution is 2.31. The minimum Gasteiger partial charge on any atom is -0.401 e. The minimum atomic E-state index is 0.393. The van der Waals surface area contributed by atoms with Crippen LogP contribution in [0.2, 0.25) is 0 Å². The average Bonchev–Trinajstić information content (AvgIpc) is 3.01. The van der Waals surface area contributed by atoms with Gasteiger partial charge in [0.25, 0.3) is 0 Å². The lowest BCUT2D eigenvalue weighted by molar-refractivity contribution is 0.0699. The van der Waals surface area contributed by atoms with Crippen molar-refractivity contribution in [3.8, 4) is 0 Å². The van der Waals surface area contributed by atoms with Crippen LogP contribution in [0.15, 0.2) is 42.4 Å². The van der Waals surface area contributed by atoms with Gasteiger partial charge >= 0.3 is 0 Å². The van der Waals surface area contributed by atoms with Crippen molar-refractivity contribution in [1.29, 1.82) is 0 Å². The zero-order valence-electron chi connectivity index (χ0n) is 14.4. The summed E-state index contributed by atoms with van der Waals surface area (Å²) in [4.78, 5) is 9.43. The topological polar surface area (TPSA) is 78.0 Å². The summed E-state index contributed by atoms with van der Waals surface area (Å²) in [7, 11) is 0. The summed E-state index contributed by atoms with van der Waals surface area (Å²) in [6.07, 6.45) is 5.70. The zero-order chi connectivity index (χ0) is 17.2. The number of nitrogens with one attached hydrogen (secondary N) is 1. The van der Waals surface area contributed by atoms with E-state index < -0.39 is 0 Å². The number of nitrogens with two attached hydrogens (primary N) is 1. The van der Waals surface area contributed by atoms with Gasteiger partial charge in [-0.2, -0.15) is 0 Å². The number of rotatable bonds is 4. The summed E-state index contributed by atoms with van der Waals surface area (Å²) in [5.41, 5.74) is 9.59. The molecule has 0 saturated carbocycles. The van der Waals surface area contributed by atoms with Gasteiger partial charge in [0.2, 0.25) is 0 Å². The van der Waals surface area contributed by atoms with Crippen molar-refractivity contribution >= 4 is 21.9 Å². The number of nitrogens with zero attached hydrogens (tertiary/aromatic N) is 3. The summed E-state index contributed by atoms with van der Waals surface area (Å²) in [6, 6.07) is 8.65. The van der Waals surface area contributed by atoms with Crippen molar-refractivity contribution in [3.05, 3.63) is 48.2 Å². The molecule has 0 bridgehead atoms. The van der Waals surface area contributed by atoms with E-state index in [9.17, 15) is 0 Å². The van der Waals surface area contributed by atoms with Crippen LogP contribution >= 0.6 is 0 Å². The number of aromatic nitrogens is 3. The number of hydrogen-bond donors (Lipinski definition) is 2. The van der Waals surface area contributed by atoms with E-state index in [1.165, 1.54) is 5.52 Å². The molecule has 6 heteroatoms. The number of imidazole rings is 1. The Bertz CT molecular complexity index is 920. The first kappa shape index (κ1) is 15.9. The van der Waals surface area contributed by atoms with Gasteiger partial charge in [-0.05, 0) is 25.8 Å². The van der Waals surface area contributed by atoms with Crippen LogP contribution in [0, 0.1) is 0 Å². The molecular weight excluding hydrogens is 314 g/mol. The average molecular weight is 337 g/mol. The van der Waals surface area contributed by atoms with Crippen molar-refractivity contribution in [1.82, 2.24) is 19.9 Å². The molecule has 6 nitrogen and oxygen atoms in total. The van der Waals surface area contributed by atoms with Crippen LogP contribution in [0.4, 0.5) is 0 Å². The second kappa shape index (κ2) is 6.72. The van der Waals surface area contributed by atoms with Gasteiger partial charge in [-0.1, -0.05) is 18.2 Å². The van der Waals surface area contributed by atoms with Crippen molar-refractivity contribution in [2.75, 3.05) is 13.2 Å². The number of fused-ring (bicyclic) bond motifs is 3. The van der Waals surface area contributed by atoms with Crippen molar-refractivity contribution in [2.45, 2.75) is 32.4 Å². The Balaban J connectivity index is 1.87. The first-order valence-electron chi connectivity index (χ1n) is 8.72. The van der Waals surface area contributed by atoms with Crippen LogP contribution in [0.5, 0.6) is 0 Å². The Morgan fingerprint density at radius 2 is 2.12 bits per heavy atom. The highest BCUT2D eigenvalue weighted by Gasteiger charge is 2.23. The number of ether oxygens (including phenoxy) is 1. The van der Waals surface area contributed by atoms with Crippen LogP contribution in [-0.4, -0.2) is 27.7 Å². The maximum absolute atomic E-state index is 5.73. The van der Waals surface area contributed by atoms with E-state index in [0.29, 0.717) is 12.6 Å². The van der Waals surface area contributed by atoms with Gasteiger partial charge in [0.1, 0.15) is 11.3 Å². The van der Waals surface area contributed by atoms with Gasteiger partial charge < -0.3 is 20.4 Å². The number of hydrogen-bond acceptors (Lipinski definition) is 5. The first-order chi connectivity index (χ1) is 12.2. The third-order valence-electron chi connectivity index (χ3n) is 4.64. The van der Waals surface area contributed by atoms with E-state index in [1.807, 2.05) is 25.4 Å². The standard InChI is InChI=1S/C19H23N5O/c1-13(20)10-21-12-18-23-17-11-22-16-5-3-2-4-15(16)19(17)24(18)14-6-8-25-9-7-14/h2-5,10-11,14,21H,6-9,12,20H2,1H3/b13-10-. The lowest BCUT2D eigenvalue weighted by Crippen LogP contribution is -2.23. The summed E-state index contributed by atoms with van der Waals surface area (Å²) in [5.74, 6) is 1.01. The van der Waals surface area contributed by atoms with Crippen LogP contribution in [0.3, 0.4) is 0 Å². The normalized spacial score (nSPS) is 16.6. The smallest absolute Gasteiger partial charge is 0.129 e. The number of allylic oxidation sites excluding steroid dienone is 1. The summed E-state index contributed by atoms with van der Waals surface area (Å²) < 4.78 is 7.95. The molecule has 2 aromatic heterocycles. The molecule has 130 valence electrons. The molecule has 1 aromatic carbocycles. The zero-order valence-corrected chi connectivity index (χ0v) is 14.4. The molecule has 4 rings (SSSR count). The lowest BCUT2D eigenvalue weighted by Gasteiger charge is -2.26. The highest BCUT2D eigenvalue weighted by molar-refractivity contribution is 6.02. The molecule has 25 heavy (non-hydrogen) atoms. The predicted octanol–water partition coefficient (Wildman–Crippen LogP) is 2.85. The maximum atomic E-state index is 5.73. The van der Waals surface area contributed by atoms with Crippen molar-refractivity contribution in [3.63, 3.8) is 0 Å². The van der Waals surface area contributed by atoms with E-state index in [1.54, 1.807) is 0 Å². The molecule has 0 radical (unpaired) electrons. The van der Waals surface area contributed by atoms with E-state index in [0.717, 1.165) is 54.0 Å². The molecule has 0 atom stereocenters. The van der Waals surface area contributed by atoms with Crippen LogP contribution in [0.1, 0.15) is 31.6 Å². The molecule has 3 heterocycles. The quantitative estimate of drug-likeness (QED) is 0.765. The van der Waals surface area contributed by atoms with Crippen molar-refractivity contribution < 1.29 is 4.74 Å². The SMILES string of the molecule is C/C(N)=C/NCc1nc2cnc3ccccc3c2n1C1CCOCC1. The summed E-state index contributed by atoms with van der Waals surface area (Å²) in [6.45, 7) is 4.09. The third-order valence-corrected chi connectivity index (χ3v) is 4.64. The van der Waals surface area contributed by atoms with Gasteiger partial charge in [0.05, 0.1) is 23.8 Å². The summed E-state index contributed by atoms with van der Waals surface area (Å²) in [5, 5.41) is 4.42. The van der Waals surface area contributed by atoms with Gasteiger partial charge in [-0.25, -0.2) is 4.98 Å². The molecule has 0 aliphatic carbocycles. The molecular formula is C19H23N5O. The molecule has 0 amide bonds. The fraction of sp³-hybridized carbons (Fsp3) is 0.368. The number of pyridine rings is 1. The largest absolute Gasteiger partial charge is 0.401 e. The Hall–Kier alpha value is -2.60. The van der Waals surface area contributed by atoms with Crippen LogP contribution < -0.4 is 11.1 Å². The lowest BCUT2D eigenvalue weighted by atomic mass is 10.1. The molecule has 0 spiro atoms. The number of para-hydroxylation sites is 1. The predicted molar refractivity (Wildman–Crippen MR) is 98.9 cm³/mol. The van der Waals surface area contributed by atoms with E-state index >= 15 is 0 Å². The van der Waals surface area contributed by atoms with Gasteiger partial charge in [0.15, 0.2) is 0 Å². The molecule has 3 aromatic rings. The van der Waals surface area contributed by atoms with Gasteiger partial charge in [-0.3, -0.25) is 4.98 Å². The third kappa shape index (κ3) is 3.05. The van der Waals surface area contributed by atoms with Gasteiger partial charge in [-0.15, -0.1) is 0 Å². The molecule has 0 unspecified atom stereocenters. The first-order valence-corrected chi connectivity index (χ1v) is 8.72. The fourth-order valence-corrected chi connectivity index (χ4v) is 3.54. The van der Waals surface area contributed by atoms with E-state index in [4.69, 9.17) is 15.5 Å². The van der Waals surface area contributed by atoms with E-state index in [-0.39, 0.29) is 0 Å². The number of benzene rings is 1. The Morgan fingerprint density at radius 3 is 2.92 bits per heavy atom.